The molecule has 1 saturated heterocycles. The Morgan fingerprint density at radius 3 is 2.40 bits per heavy atom. The van der Waals surface area contributed by atoms with Gasteiger partial charge in [0.25, 0.3) is 0 Å². The van der Waals surface area contributed by atoms with Crippen molar-refractivity contribution in [3.05, 3.63) is 48.0 Å². The first-order chi connectivity index (χ1) is 11.9. The molecule has 2 aromatic rings. The zero-order valence-electron chi connectivity index (χ0n) is 13.9. The molecular weight excluding hydrogens is 329 g/mol. The fraction of sp³-hybridized carbons (Fsp3) is 0.421. The molecule has 0 aromatic heterocycles. The molecule has 1 amide bonds. The van der Waals surface area contributed by atoms with E-state index in [-0.39, 0.29) is 0 Å². The van der Waals surface area contributed by atoms with Crippen molar-refractivity contribution in [2.75, 3.05) is 19.6 Å². The number of alkyl halides is 3. The highest BCUT2D eigenvalue weighted by Crippen LogP contribution is 2.24. The van der Waals surface area contributed by atoms with Crippen LogP contribution in [-0.4, -0.2) is 36.6 Å². The Hall–Kier alpha value is -2.08. The molecule has 25 heavy (non-hydrogen) atoms. The number of piperidine rings is 1. The number of nitrogens with one attached hydrogen (secondary N) is 1. The molecule has 1 atom stereocenters. The van der Waals surface area contributed by atoms with Gasteiger partial charge in [-0.15, -0.1) is 0 Å². The highest BCUT2D eigenvalue weighted by atomic mass is 19.4. The highest BCUT2D eigenvalue weighted by molar-refractivity contribution is 5.84. The number of carbonyl (C=O) groups is 1. The molecule has 3 nitrogen and oxygen atoms in total. The standard InChI is InChI=1S/C19H21F3N2O/c20-19(21,22)18(25)23-17(13-24-10-4-1-5-11-24)16-9-8-14-6-2-3-7-15(14)12-16/h2-3,6-9,12,17H,1,4-5,10-11,13H2,(H,23,25)/t17-/m0/s1. The molecule has 0 bridgehead atoms. The first-order valence-electron chi connectivity index (χ1n) is 8.52. The number of amides is 1. The van der Waals surface area contributed by atoms with Crippen molar-refractivity contribution in [3.8, 4) is 0 Å². The fourth-order valence-electron chi connectivity index (χ4n) is 3.30. The molecule has 134 valence electrons. The van der Waals surface area contributed by atoms with Crippen molar-refractivity contribution in [3.63, 3.8) is 0 Å². The second-order valence-electron chi connectivity index (χ2n) is 6.49. The third-order valence-corrected chi connectivity index (χ3v) is 4.63. The maximum atomic E-state index is 12.7. The largest absolute Gasteiger partial charge is 0.471 e. The van der Waals surface area contributed by atoms with E-state index in [0.717, 1.165) is 43.1 Å². The van der Waals surface area contributed by atoms with Crippen LogP contribution in [0.25, 0.3) is 10.8 Å². The van der Waals surface area contributed by atoms with Crippen LogP contribution in [-0.2, 0) is 4.79 Å². The molecule has 0 spiro atoms. The predicted molar refractivity (Wildman–Crippen MR) is 91.2 cm³/mol. The Kier molecular flexibility index (Phi) is 5.27. The molecule has 2 aromatic carbocycles. The van der Waals surface area contributed by atoms with E-state index in [1.807, 2.05) is 36.4 Å². The summed E-state index contributed by atoms with van der Waals surface area (Å²) in [5, 5.41) is 4.15. The number of benzene rings is 2. The summed E-state index contributed by atoms with van der Waals surface area (Å²) in [6.45, 7) is 2.10. The molecule has 0 radical (unpaired) electrons. The number of halogens is 3. The predicted octanol–water partition coefficient (Wildman–Crippen LogP) is 4.05. The van der Waals surface area contributed by atoms with Gasteiger partial charge in [0.1, 0.15) is 0 Å². The summed E-state index contributed by atoms with van der Waals surface area (Å²) < 4.78 is 38.2. The van der Waals surface area contributed by atoms with Crippen LogP contribution >= 0.6 is 0 Å². The molecule has 6 heteroatoms. The van der Waals surface area contributed by atoms with Gasteiger partial charge in [0.2, 0.25) is 0 Å². The summed E-state index contributed by atoms with van der Waals surface area (Å²) in [5.74, 6) is -1.89. The van der Waals surface area contributed by atoms with E-state index in [2.05, 4.69) is 10.2 Å². The highest BCUT2D eigenvalue weighted by Gasteiger charge is 2.40. The quantitative estimate of drug-likeness (QED) is 0.902. The van der Waals surface area contributed by atoms with Gasteiger partial charge in [0.05, 0.1) is 6.04 Å². The summed E-state index contributed by atoms with van der Waals surface area (Å²) in [6, 6.07) is 12.5. The summed E-state index contributed by atoms with van der Waals surface area (Å²) >= 11 is 0. The third kappa shape index (κ3) is 4.51. The zero-order chi connectivity index (χ0) is 17.9. The molecule has 1 aliphatic rings. The Bertz CT molecular complexity index is 739. The minimum Gasteiger partial charge on any atom is -0.340 e. The Balaban J connectivity index is 1.86. The maximum absolute atomic E-state index is 12.7. The van der Waals surface area contributed by atoms with Crippen molar-refractivity contribution in [1.82, 2.24) is 10.2 Å². The van der Waals surface area contributed by atoms with Crippen LogP contribution in [0.3, 0.4) is 0 Å². The number of hydrogen-bond donors (Lipinski definition) is 1. The lowest BCUT2D eigenvalue weighted by molar-refractivity contribution is -0.174. The molecule has 1 fully saturated rings. The first-order valence-corrected chi connectivity index (χ1v) is 8.52. The Labute approximate surface area is 144 Å². The average molecular weight is 350 g/mol. The molecule has 1 N–H and O–H groups in total. The minimum atomic E-state index is -4.88. The second-order valence-corrected chi connectivity index (χ2v) is 6.49. The number of hydrogen-bond acceptors (Lipinski definition) is 2. The number of rotatable bonds is 4. The van der Waals surface area contributed by atoms with Crippen molar-refractivity contribution in [2.45, 2.75) is 31.5 Å². The lowest BCUT2D eigenvalue weighted by Crippen LogP contribution is -2.44. The lowest BCUT2D eigenvalue weighted by Gasteiger charge is -2.31. The summed E-state index contributed by atoms with van der Waals surface area (Å²) in [4.78, 5) is 13.6. The number of fused-ring (bicyclic) bond motifs is 1. The van der Waals surface area contributed by atoms with Crippen molar-refractivity contribution in [1.29, 1.82) is 0 Å². The van der Waals surface area contributed by atoms with Crippen LogP contribution in [0.15, 0.2) is 42.5 Å². The van der Waals surface area contributed by atoms with Gasteiger partial charge in [-0.2, -0.15) is 13.2 Å². The van der Waals surface area contributed by atoms with Gasteiger partial charge in [-0.1, -0.05) is 42.8 Å². The number of likely N-dealkylation sites (tertiary alicyclic amines) is 1. The molecule has 1 heterocycles. The number of carbonyl (C=O) groups excluding carboxylic acids is 1. The maximum Gasteiger partial charge on any atom is 0.471 e. The van der Waals surface area contributed by atoms with Crippen molar-refractivity contribution < 1.29 is 18.0 Å². The van der Waals surface area contributed by atoms with Crippen LogP contribution in [0, 0.1) is 0 Å². The SMILES string of the molecule is O=C(N[C@@H](CN1CCCCC1)c1ccc2ccccc2c1)C(F)(F)F. The van der Waals surface area contributed by atoms with Crippen LogP contribution in [0.4, 0.5) is 13.2 Å². The van der Waals surface area contributed by atoms with Gasteiger partial charge < -0.3 is 10.2 Å². The van der Waals surface area contributed by atoms with Crippen LogP contribution < -0.4 is 5.32 Å². The van der Waals surface area contributed by atoms with Crippen LogP contribution in [0.1, 0.15) is 30.9 Å². The van der Waals surface area contributed by atoms with Gasteiger partial charge in [0.15, 0.2) is 0 Å². The third-order valence-electron chi connectivity index (χ3n) is 4.63. The minimum absolute atomic E-state index is 0.389. The summed E-state index contributed by atoms with van der Waals surface area (Å²) in [6.07, 6.45) is -1.65. The summed E-state index contributed by atoms with van der Waals surface area (Å²) in [7, 11) is 0. The van der Waals surface area contributed by atoms with Crippen LogP contribution in [0.5, 0.6) is 0 Å². The molecular formula is C19H21F3N2O. The smallest absolute Gasteiger partial charge is 0.340 e. The van der Waals surface area contributed by atoms with Crippen LogP contribution in [0.2, 0.25) is 0 Å². The number of nitrogens with zero attached hydrogens (tertiary/aromatic N) is 1. The normalized spacial score (nSPS) is 17.4. The van der Waals surface area contributed by atoms with E-state index in [4.69, 9.17) is 0 Å². The van der Waals surface area contributed by atoms with E-state index in [9.17, 15) is 18.0 Å². The zero-order valence-corrected chi connectivity index (χ0v) is 13.9. The van der Waals surface area contributed by atoms with Gasteiger partial charge in [-0.3, -0.25) is 4.79 Å². The molecule has 0 aliphatic carbocycles. The van der Waals surface area contributed by atoms with Crippen molar-refractivity contribution >= 4 is 16.7 Å². The van der Waals surface area contributed by atoms with Gasteiger partial charge >= 0.3 is 12.1 Å². The fourth-order valence-corrected chi connectivity index (χ4v) is 3.30. The molecule has 1 aliphatic heterocycles. The van der Waals surface area contributed by atoms with Gasteiger partial charge in [0, 0.05) is 6.54 Å². The Morgan fingerprint density at radius 2 is 1.72 bits per heavy atom. The van der Waals surface area contributed by atoms with E-state index in [1.54, 1.807) is 6.07 Å². The Morgan fingerprint density at radius 1 is 1.04 bits per heavy atom. The monoisotopic (exact) mass is 350 g/mol. The molecule has 0 unspecified atom stereocenters. The van der Waals surface area contributed by atoms with Gasteiger partial charge in [-0.05, 0) is 48.3 Å². The summed E-state index contributed by atoms with van der Waals surface area (Å²) in [5.41, 5.74) is 0.696. The lowest BCUT2D eigenvalue weighted by atomic mass is 10.0. The molecule has 3 rings (SSSR count). The average Bonchev–Trinajstić information content (AvgIpc) is 2.61. The van der Waals surface area contributed by atoms with E-state index in [0.29, 0.717) is 12.1 Å². The van der Waals surface area contributed by atoms with E-state index >= 15 is 0 Å². The van der Waals surface area contributed by atoms with Crippen molar-refractivity contribution in [2.24, 2.45) is 0 Å². The first kappa shape index (κ1) is 17.7. The van der Waals surface area contributed by atoms with E-state index in [1.165, 1.54) is 0 Å². The van der Waals surface area contributed by atoms with Gasteiger partial charge in [-0.25, -0.2) is 0 Å². The topological polar surface area (TPSA) is 32.3 Å². The second kappa shape index (κ2) is 7.44. The van der Waals surface area contributed by atoms with E-state index < -0.39 is 18.1 Å². The molecule has 0 saturated carbocycles.